The molecule has 13 atom stereocenters. The van der Waals surface area contributed by atoms with Gasteiger partial charge in [-0.25, -0.2) is 4.79 Å². The fourth-order valence-corrected chi connectivity index (χ4v) is 12.0. The van der Waals surface area contributed by atoms with E-state index in [-0.39, 0.29) is 48.6 Å². The molecular formula is C32H46N2O8. The number of benzene rings is 1. The number of likely N-dealkylation sites (N-methyl/N-ethyl adjacent to an activating group) is 1. The number of hydrogen-bond acceptors (Lipinski definition) is 10. The van der Waals surface area contributed by atoms with Gasteiger partial charge in [0.1, 0.15) is 11.2 Å². The Balaban J connectivity index is 1.41. The topological polar surface area (TPSA) is 133 Å². The van der Waals surface area contributed by atoms with Crippen LogP contribution in [0, 0.1) is 34.5 Å². The molecule has 0 aromatic heterocycles. The number of piperidine rings is 1. The second kappa shape index (κ2) is 9.60. The van der Waals surface area contributed by atoms with Gasteiger partial charge in [0.15, 0.2) is 0 Å². The highest BCUT2D eigenvalue weighted by molar-refractivity contribution is 5.95. The molecule has 10 nitrogen and oxygen atoms in total. The van der Waals surface area contributed by atoms with Crippen LogP contribution >= 0.6 is 0 Å². The average Bonchev–Trinajstić information content (AvgIpc) is 3.41. The van der Waals surface area contributed by atoms with Crippen LogP contribution in [0.15, 0.2) is 24.3 Å². The molecule has 6 aliphatic rings. The Labute approximate surface area is 247 Å². The summed E-state index contributed by atoms with van der Waals surface area (Å²) in [5.74, 6) is -0.892. The number of likely N-dealkylation sites (tertiary alicyclic amines) is 1. The highest BCUT2D eigenvalue weighted by Crippen LogP contribution is 2.80. The number of rotatable bonds is 8. The van der Waals surface area contributed by atoms with Crippen molar-refractivity contribution in [3.8, 4) is 0 Å². The first-order chi connectivity index (χ1) is 20.1. The number of fused-ring (bicyclic) bond motifs is 2. The SMILES string of the molecule is CCN1C[C@]2(COC(=O)c3ccccc3N)CC[C@H](OC)[C@]34[C@@H]5C[C@H]6[C@H](OC)[C@@H]5[C@](O)(C[C@@H]6OC)C(O)([C@@H]13)[C@@H](OC)[C@H]24. The molecule has 1 aromatic rings. The first-order valence-electron chi connectivity index (χ1n) is 15.5. The summed E-state index contributed by atoms with van der Waals surface area (Å²) < 4.78 is 31.1. The van der Waals surface area contributed by atoms with Crippen LogP contribution in [-0.4, -0.2) is 111 Å². The molecule has 232 valence electrons. The second-order valence-corrected chi connectivity index (χ2v) is 13.8. The van der Waals surface area contributed by atoms with Gasteiger partial charge in [-0.2, -0.15) is 0 Å². The van der Waals surface area contributed by atoms with Crippen molar-refractivity contribution >= 4 is 11.7 Å². The summed E-state index contributed by atoms with van der Waals surface area (Å²) in [6, 6.07) is 6.55. The summed E-state index contributed by atoms with van der Waals surface area (Å²) in [5.41, 5.74) is 2.65. The molecule has 7 rings (SSSR count). The third-order valence-electron chi connectivity index (χ3n) is 13.0. The van der Waals surface area contributed by atoms with Gasteiger partial charge in [-0.3, -0.25) is 4.90 Å². The number of aliphatic hydroxyl groups is 2. The minimum atomic E-state index is -1.62. The Morgan fingerprint density at radius 3 is 2.50 bits per heavy atom. The maximum Gasteiger partial charge on any atom is 0.340 e. The van der Waals surface area contributed by atoms with Crippen LogP contribution in [-0.2, 0) is 23.7 Å². The lowest BCUT2D eigenvalue weighted by Gasteiger charge is -2.70. The number of carbonyl (C=O) groups excluding carboxylic acids is 1. The molecule has 0 amide bonds. The van der Waals surface area contributed by atoms with Crippen molar-refractivity contribution in [2.75, 3.05) is 53.9 Å². The summed E-state index contributed by atoms with van der Waals surface area (Å²) in [6.07, 6.45) is 1.22. The number of nitrogens with two attached hydrogens (primary N) is 1. The standard InChI is InChI=1S/C32H46N2O8/c1-6-34-15-29(16-42-27(35)17-9-7-8-10-20(17)33)12-11-22(39-3)31-19-13-18-21(38-2)14-30(36,23(19)24(18)40-4)32(37,28(31)34)26(41-5)25(29)31/h7-10,18-19,21-26,28,36-37H,6,11-16,33H2,1-5H3/t18-,19-,21+,22+,23-,24+,25-,26+,28+,29+,30-,31+,32?/m1/s1. The lowest BCUT2D eigenvalue weighted by Crippen LogP contribution is -2.82. The van der Waals surface area contributed by atoms with E-state index in [1.165, 1.54) is 0 Å². The van der Waals surface area contributed by atoms with Gasteiger partial charge in [0.05, 0.1) is 42.6 Å². The molecule has 4 N–H and O–H groups in total. The molecule has 7 bridgehead atoms. The number of esters is 1. The van der Waals surface area contributed by atoms with Crippen LogP contribution < -0.4 is 5.73 Å². The number of carbonyl (C=O) groups is 1. The maximum absolute atomic E-state index is 13.4. The lowest BCUT2D eigenvalue weighted by molar-refractivity contribution is -0.320. The highest BCUT2D eigenvalue weighted by atomic mass is 16.5. The molecular weight excluding hydrogens is 540 g/mol. The van der Waals surface area contributed by atoms with Crippen LogP contribution in [0.5, 0.6) is 0 Å². The Hall–Kier alpha value is -1.79. The van der Waals surface area contributed by atoms with E-state index in [1.807, 2.05) is 0 Å². The van der Waals surface area contributed by atoms with E-state index in [0.717, 1.165) is 19.3 Å². The summed E-state index contributed by atoms with van der Waals surface area (Å²) in [5, 5.41) is 26.3. The molecule has 1 saturated heterocycles. The van der Waals surface area contributed by atoms with Crippen LogP contribution in [0.4, 0.5) is 5.69 Å². The fraction of sp³-hybridized carbons (Fsp3) is 0.781. The van der Waals surface area contributed by atoms with Crippen LogP contribution in [0.3, 0.4) is 0 Å². The number of para-hydroxylation sites is 1. The summed E-state index contributed by atoms with van der Waals surface area (Å²) in [6.45, 7) is 3.54. The van der Waals surface area contributed by atoms with Gasteiger partial charge in [-0.15, -0.1) is 0 Å². The van der Waals surface area contributed by atoms with Crippen molar-refractivity contribution in [2.45, 2.75) is 74.3 Å². The van der Waals surface area contributed by atoms with E-state index in [0.29, 0.717) is 30.8 Å². The number of hydrogen-bond donors (Lipinski definition) is 3. The van der Waals surface area contributed by atoms with Crippen molar-refractivity contribution < 1.29 is 38.7 Å². The molecule has 1 spiro atoms. The number of anilines is 1. The lowest BCUT2D eigenvalue weighted by atomic mass is 9.42. The smallest absolute Gasteiger partial charge is 0.340 e. The van der Waals surface area contributed by atoms with Crippen LogP contribution in [0.25, 0.3) is 0 Å². The monoisotopic (exact) mass is 586 g/mol. The normalized spacial score (nSPS) is 50.1. The molecule has 6 fully saturated rings. The number of nitrogens with zero attached hydrogens (tertiary/aromatic N) is 1. The minimum Gasteiger partial charge on any atom is -0.461 e. The van der Waals surface area contributed by atoms with Crippen LogP contribution in [0.2, 0.25) is 0 Å². The first kappa shape index (κ1) is 29.0. The van der Waals surface area contributed by atoms with Gasteiger partial charge in [0, 0.05) is 75.7 Å². The number of methoxy groups -OCH3 is 4. The molecule has 42 heavy (non-hydrogen) atoms. The molecule has 10 heteroatoms. The molecule has 1 heterocycles. The van der Waals surface area contributed by atoms with E-state index in [1.54, 1.807) is 52.7 Å². The first-order valence-corrected chi connectivity index (χ1v) is 15.5. The molecule has 5 saturated carbocycles. The van der Waals surface area contributed by atoms with Gasteiger partial charge in [0.25, 0.3) is 0 Å². The molecule has 1 aliphatic heterocycles. The maximum atomic E-state index is 13.4. The minimum absolute atomic E-state index is 0.00697. The van der Waals surface area contributed by atoms with Gasteiger partial charge in [-0.05, 0) is 43.9 Å². The van der Waals surface area contributed by atoms with E-state index in [9.17, 15) is 15.0 Å². The van der Waals surface area contributed by atoms with Crippen molar-refractivity contribution in [1.82, 2.24) is 4.90 Å². The third kappa shape index (κ3) is 3.12. The zero-order chi connectivity index (χ0) is 29.8. The van der Waals surface area contributed by atoms with Gasteiger partial charge >= 0.3 is 5.97 Å². The molecule has 5 aliphatic carbocycles. The summed E-state index contributed by atoms with van der Waals surface area (Å²) >= 11 is 0. The van der Waals surface area contributed by atoms with Gasteiger partial charge < -0.3 is 39.6 Å². The van der Waals surface area contributed by atoms with E-state index in [2.05, 4.69) is 11.8 Å². The molecule has 0 radical (unpaired) electrons. The van der Waals surface area contributed by atoms with Gasteiger partial charge in [-0.1, -0.05) is 19.1 Å². The third-order valence-corrected chi connectivity index (χ3v) is 13.0. The zero-order valence-corrected chi connectivity index (χ0v) is 25.3. The van der Waals surface area contributed by atoms with Crippen molar-refractivity contribution in [3.05, 3.63) is 29.8 Å². The average molecular weight is 587 g/mol. The number of ether oxygens (including phenoxy) is 5. The Morgan fingerprint density at radius 2 is 1.86 bits per heavy atom. The predicted octanol–water partition coefficient (Wildman–Crippen LogP) is 1.72. The van der Waals surface area contributed by atoms with E-state index < -0.39 is 40.1 Å². The van der Waals surface area contributed by atoms with Crippen LogP contribution in [0.1, 0.15) is 43.0 Å². The predicted molar refractivity (Wildman–Crippen MR) is 153 cm³/mol. The van der Waals surface area contributed by atoms with E-state index >= 15 is 0 Å². The zero-order valence-electron chi connectivity index (χ0n) is 25.3. The largest absolute Gasteiger partial charge is 0.461 e. The van der Waals surface area contributed by atoms with Crippen molar-refractivity contribution in [1.29, 1.82) is 0 Å². The highest BCUT2D eigenvalue weighted by Gasteiger charge is 2.91. The Kier molecular flexibility index (Phi) is 6.62. The summed E-state index contributed by atoms with van der Waals surface area (Å²) in [4.78, 5) is 15.7. The Bertz CT molecular complexity index is 1250. The van der Waals surface area contributed by atoms with Crippen molar-refractivity contribution in [3.63, 3.8) is 0 Å². The quantitative estimate of drug-likeness (QED) is 0.306. The fourth-order valence-electron chi connectivity index (χ4n) is 12.0. The van der Waals surface area contributed by atoms with Gasteiger partial charge in [0.2, 0.25) is 0 Å². The summed E-state index contributed by atoms with van der Waals surface area (Å²) in [7, 11) is 6.80. The second-order valence-electron chi connectivity index (χ2n) is 13.8. The van der Waals surface area contributed by atoms with E-state index in [4.69, 9.17) is 29.4 Å². The molecule has 1 aromatic carbocycles. The number of nitrogen functional groups attached to an aromatic ring is 1. The Morgan fingerprint density at radius 1 is 1.10 bits per heavy atom. The van der Waals surface area contributed by atoms with Crippen molar-refractivity contribution in [2.24, 2.45) is 34.5 Å². The molecule has 1 unspecified atom stereocenters.